The maximum absolute atomic E-state index is 12.4. The van der Waals surface area contributed by atoms with E-state index in [0.29, 0.717) is 25.9 Å². The van der Waals surface area contributed by atoms with Gasteiger partial charge in [0, 0.05) is 24.5 Å². The number of hydrogen-bond donors (Lipinski definition) is 3. The molecule has 42 heavy (non-hydrogen) atoms. The lowest BCUT2D eigenvalue weighted by Crippen LogP contribution is -2.50. The maximum atomic E-state index is 12.4. The summed E-state index contributed by atoms with van der Waals surface area (Å²) in [5.41, 5.74) is -0.164. The quantitative estimate of drug-likeness (QED) is 0.298. The molecule has 1 aliphatic carbocycles. The van der Waals surface area contributed by atoms with Crippen molar-refractivity contribution in [3.05, 3.63) is 0 Å². The minimum atomic E-state index is -5.77. The molecular weight excluding hydrogens is 572 g/mol. The van der Waals surface area contributed by atoms with Gasteiger partial charge >= 0.3 is 12.4 Å². The van der Waals surface area contributed by atoms with Crippen LogP contribution < -0.4 is 16.0 Å². The summed E-state index contributed by atoms with van der Waals surface area (Å²) in [5, 5.41) is 15.6. The Kier molecular flexibility index (Phi) is 12.7. The van der Waals surface area contributed by atoms with Gasteiger partial charge in [-0.1, -0.05) is 41.5 Å². The standard InChI is InChI=1S/C13H18F6N2O2.C10H13N3O2.C4H10/c1-7-5-21(6-11(7,2)3)8(22)4-20-10(23)9(12(14,15)16)13(17,18)19;11-5-8(12-6-14)3-7-4-10(1-2-10)13-9(7)15;1-4(2)3/h7,9H,4-6H2,1-3H3,(H,20,23);6-8H,1-4H2,(H,12,14)(H,13,15);4H,1-3H3. The van der Waals surface area contributed by atoms with Gasteiger partial charge < -0.3 is 20.9 Å². The number of nitriles is 1. The average molecular weight is 614 g/mol. The molecule has 3 N–H and O–H groups in total. The fourth-order valence-electron chi connectivity index (χ4n) is 4.51. The molecule has 9 nitrogen and oxygen atoms in total. The molecule has 3 aliphatic rings. The SMILES string of the molecule is CC(C)C.CC1CN(C(=O)CNC(=O)C(C(F)(F)F)C(F)(F)F)CC1(C)C.N#CC(CC1CC2(CC2)NC1=O)NC=O. The fraction of sp³-hybridized carbons (Fsp3) is 0.815. The third kappa shape index (κ3) is 11.3. The topological polar surface area (TPSA) is 131 Å². The second-order valence-corrected chi connectivity index (χ2v) is 12.5. The van der Waals surface area contributed by atoms with Gasteiger partial charge in [-0.05, 0) is 42.9 Å². The summed E-state index contributed by atoms with van der Waals surface area (Å²) in [5.74, 6) is -6.26. The molecule has 1 spiro atoms. The number of nitrogens with zero attached hydrogens (tertiary/aromatic N) is 2. The Morgan fingerprint density at radius 2 is 1.67 bits per heavy atom. The molecule has 0 aromatic carbocycles. The summed E-state index contributed by atoms with van der Waals surface area (Å²) < 4.78 is 74.2. The van der Waals surface area contributed by atoms with Gasteiger partial charge in [0.15, 0.2) is 0 Å². The lowest BCUT2D eigenvalue weighted by molar-refractivity contribution is -0.274. The first-order valence-corrected chi connectivity index (χ1v) is 13.7. The van der Waals surface area contributed by atoms with Gasteiger partial charge in [0.2, 0.25) is 30.0 Å². The number of likely N-dealkylation sites (tertiary alicyclic amines) is 1. The number of rotatable bonds is 7. The number of carbonyl (C=O) groups is 4. The van der Waals surface area contributed by atoms with Crippen LogP contribution in [0, 0.1) is 40.4 Å². The zero-order valence-electron chi connectivity index (χ0n) is 24.7. The van der Waals surface area contributed by atoms with Crippen LogP contribution in [0.25, 0.3) is 0 Å². The van der Waals surface area contributed by atoms with Gasteiger partial charge in [0.25, 0.3) is 0 Å². The van der Waals surface area contributed by atoms with Gasteiger partial charge in [-0.15, -0.1) is 0 Å². The van der Waals surface area contributed by atoms with Crippen LogP contribution in [0.2, 0.25) is 0 Å². The molecule has 2 heterocycles. The van der Waals surface area contributed by atoms with E-state index in [0.717, 1.165) is 25.2 Å². The highest BCUT2D eigenvalue weighted by atomic mass is 19.4. The van der Waals surface area contributed by atoms with E-state index in [-0.39, 0.29) is 28.7 Å². The molecule has 2 aliphatic heterocycles. The highest BCUT2D eigenvalue weighted by molar-refractivity contribution is 5.86. The molecule has 0 radical (unpaired) electrons. The molecule has 0 bridgehead atoms. The van der Waals surface area contributed by atoms with Crippen molar-refractivity contribution in [3.8, 4) is 6.07 Å². The van der Waals surface area contributed by atoms with Crippen LogP contribution in [0.15, 0.2) is 0 Å². The monoisotopic (exact) mass is 613 g/mol. The molecular formula is C27H41F6N5O4. The highest BCUT2D eigenvalue weighted by Crippen LogP contribution is 2.46. The van der Waals surface area contributed by atoms with Crippen molar-refractivity contribution in [1.29, 1.82) is 5.26 Å². The molecule has 0 aromatic rings. The van der Waals surface area contributed by atoms with Crippen LogP contribution in [0.4, 0.5) is 26.3 Å². The first kappa shape index (κ1) is 37.0. The smallest absolute Gasteiger partial charge is 0.350 e. The summed E-state index contributed by atoms with van der Waals surface area (Å²) in [6.45, 7) is 11.9. The maximum Gasteiger partial charge on any atom is 0.409 e. The number of halogens is 6. The van der Waals surface area contributed by atoms with Crippen molar-refractivity contribution < 1.29 is 45.5 Å². The van der Waals surface area contributed by atoms with E-state index in [4.69, 9.17) is 5.26 Å². The minimum Gasteiger partial charge on any atom is -0.350 e. The Bertz CT molecular complexity index is 988. The minimum absolute atomic E-state index is 0.0282. The first-order chi connectivity index (χ1) is 19.1. The van der Waals surface area contributed by atoms with Gasteiger partial charge in [-0.25, -0.2) is 0 Å². The Morgan fingerprint density at radius 3 is 2.02 bits per heavy atom. The lowest BCUT2D eigenvalue weighted by atomic mass is 9.84. The summed E-state index contributed by atoms with van der Waals surface area (Å²) in [7, 11) is 0. The lowest BCUT2D eigenvalue weighted by Gasteiger charge is -2.23. The molecule has 240 valence electrons. The molecule has 3 fully saturated rings. The largest absolute Gasteiger partial charge is 0.409 e. The second-order valence-electron chi connectivity index (χ2n) is 12.5. The predicted molar refractivity (Wildman–Crippen MR) is 140 cm³/mol. The summed E-state index contributed by atoms with van der Waals surface area (Å²) in [6.07, 6.45) is -7.70. The molecule has 2 saturated heterocycles. The number of carbonyl (C=O) groups excluding carboxylic acids is 4. The molecule has 15 heteroatoms. The predicted octanol–water partition coefficient (Wildman–Crippen LogP) is 3.69. The van der Waals surface area contributed by atoms with Crippen LogP contribution in [-0.4, -0.2) is 72.6 Å². The Hall–Kier alpha value is -3.05. The Balaban J connectivity index is 0.000000395. The Morgan fingerprint density at radius 1 is 1.14 bits per heavy atom. The van der Waals surface area contributed by atoms with Crippen molar-refractivity contribution in [1.82, 2.24) is 20.9 Å². The molecule has 3 rings (SSSR count). The van der Waals surface area contributed by atoms with Crippen molar-refractivity contribution in [2.75, 3.05) is 19.6 Å². The van der Waals surface area contributed by atoms with Gasteiger partial charge in [-0.2, -0.15) is 31.6 Å². The number of hydrogen-bond acceptors (Lipinski definition) is 5. The van der Waals surface area contributed by atoms with E-state index in [1.807, 2.05) is 26.8 Å². The van der Waals surface area contributed by atoms with Gasteiger partial charge in [0.05, 0.1) is 12.6 Å². The molecule has 3 atom stereocenters. The zero-order valence-corrected chi connectivity index (χ0v) is 24.7. The molecule has 3 unspecified atom stereocenters. The van der Waals surface area contributed by atoms with Crippen LogP contribution in [0.1, 0.15) is 67.2 Å². The highest BCUT2D eigenvalue weighted by Gasteiger charge is 2.61. The molecule has 1 saturated carbocycles. The van der Waals surface area contributed by atoms with E-state index in [1.165, 1.54) is 10.2 Å². The van der Waals surface area contributed by atoms with Crippen molar-refractivity contribution in [2.45, 2.75) is 91.2 Å². The third-order valence-corrected chi connectivity index (χ3v) is 7.31. The third-order valence-electron chi connectivity index (χ3n) is 7.31. The van der Waals surface area contributed by atoms with Crippen molar-refractivity contribution >= 4 is 24.1 Å². The molecule has 4 amide bonds. The van der Waals surface area contributed by atoms with E-state index in [9.17, 15) is 45.5 Å². The van der Waals surface area contributed by atoms with Crippen LogP contribution >= 0.6 is 0 Å². The molecule has 0 aromatic heterocycles. The summed E-state index contributed by atoms with van der Waals surface area (Å²) in [6, 6.07) is 1.43. The number of amides is 4. The van der Waals surface area contributed by atoms with Crippen molar-refractivity contribution in [3.63, 3.8) is 0 Å². The Labute approximate surface area is 242 Å². The van der Waals surface area contributed by atoms with Crippen molar-refractivity contribution in [2.24, 2.45) is 29.1 Å². The van der Waals surface area contributed by atoms with E-state index in [2.05, 4.69) is 31.4 Å². The first-order valence-electron chi connectivity index (χ1n) is 13.7. The van der Waals surface area contributed by atoms with Gasteiger partial charge in [0.1, 0.15) is 6.04 Å². The number of alkyl halides is 6. The van der Waals surface area contributed by atoms with E-state index >= 15 is 0 Å². The van der Waals surface area contributed by atoms with Crippen LogP contribution in [-0.2, 0) is 19.2 Å². The zero-order chi connectivity index (χ0) is 32.7. The van der Waals surface area contributed by atoms with E-state index in [1.54, 1.807) is 0 Å². The normalized spacial score (nSPS) is 22.7. The fourth-order valence-corrected chi connectivity index (χ4v) is 4.51. The summed E-state index contributed by atoms with van der Waals surface area (Å²) in [4.78, 5) is 46.2. The van der Waals surface area contributed by atoms with Crippen LogP contribution in [0.3, 0.4) is 0 Å². The van der Waals surface area contributed by atoms with Crippen LogP contribution in [0.5, 0.6) is 0 Å². The summed E-state index contributed by atoms with van der Waals surface area (Å²) >= 11 is 0. The average Bonchev–Trinajstić information content (AvgIpc) is 3.41. The van der Waals surface area contributed by atoms with Gasteiger partial charge in [-0.3, -0.25) is 19.2 Å². The second kappa shape index (κ2) is 14.4. The number of nitrogens with one attached hydrogen (secondary N) is 3. The van der Waals surface area contributed by atoms with E-state index < -0.39 is 42.7 Å².